The van der Waals surface area contributed by atoms with Gasteiger partial charge in [0.15, 0.2) is 0 Å². The van der Waals surface area contributed by atoms with Gasteiger partial charge in [-0.05, 0) is 30.2 Å². The average Bonchev–Trinajstić information content (AvgIpc) is 2.91. The van der Waals surface area contributed by atoms with Crippen molar-refractivity contribution in [3.05, 3.63) is 59.5 Å². The van der Waals surface area contributed by atoms with Crippen molar-refractivity contribution in [2.75, 3.05) is 5.32 Å². The number of fused-ring (bicyclic) bond motifs is 1. The number of halogens is 1. The molecule has 0 spiro atoms. The van der Waals surface area contributed by atoms with Gasteiger partial charge in [0, 0.05) is 23.5 Å². The zero-order chi connectivity index (χ0) is 14.7. The van der Waals surface area contributed by atoms with Crippen LogP contribution >= 0.6 is 11.6 Å². The first-order valence-electron chi connectivity index (χ1n) is 6.69. The molecule has 0 aliphatic carbocycles. The van der Waals surface area contributed by atoms with Crippen LogP contribution in [-0.4, -0.2) is 15.9 Å². The van der Waals surface area contributed by atoms with Crippen molar-refractivity contribution in [2.24, 2.45) is 0 Å². The lowest BCUT2D eigenvalue weighted by atomic mass is 10.1. The molecule has 0 atom stereocenters. The van der Waals surface area contributed by atoms with Crippen LogP contribution in [0.4, 0.5) is 5.69 Å². The Balaban J connectivity index is 1.62. The molecule has 1 aromatic carbocycles. The molecule has 0 unspecified atom stereocenters. The Morgan fingerprint density at radius 1 is 1.24 bits per heavy atom. The number of hydrogen-bond acceptors (Lipinski definition) is 2. The molecule has 2 heterocycles. The van der Waals surface area contributed by atoms with Crippen molar-refractivity contribution < 1.29 is 4.79 Å². The molecule has 0 radical (unpaired) electrons. The summed E-state index contributed by atoms with van der Waals surface area (Å²) in [4.78, 5) is 19.1. The molecular weight excluding hydrogens is 286 g/mol. The number of aryl methyl sites for hydroxylation is 1. The zero-order valence-electron chi connectivity index (χ0n) is 11.3. The largest absolute Gasteiger partial charge is 0.361 e. The number of carbonyl (C=O) groups excluding carboxylic acids is 1. The predicted octanol–water partition coefficient (Wildman–Crippen LogP) is 3.79. The van der Waals surface area contributed by atoms with Crippen molar-refractivity contribution in [2.45, 2.75) is 12.8 Å². The number of nitrogens with zero attached hydrogens (tertiary/aromatic N) is 1. The van der Waals surface area contributed by atoms with E-state index in [0.717, 1.165) is 11.1 Å². The summed E-state index contributed by atoms with van der Waals surface area (Å²) in [6.45, 7) is 0. The second-order valence-electron chi connectivity index (χ2n) is 4.78. The minimum Gasteiger partial charge on any atom is -0.361 e. The maximum Gasteiger partial charge on any atom is 0.224 e. The highest BCUT2D eigenvalue weighted by molar-refractivity contribution is 6.29. The molecule has 1 amide bonds. The van der Waals surface area contributed by atoms with E-state index in [4.69, 9.17) is 11.6 Å². The van der Waals surface area contributed by atoms with Crippen LogP contribution in [0.1, 0.15) is 12.0 Å². The van der Waals surface area contributed by atoms with E-state index in [-0.39, 0.29) is 5.91 Å². The maximum absolute atomic E-state index is 11.9. The number of pyridine rings is 1. The molecule has 106 valence electrons. The van der Waals surface area contributed by atoms with Gasteiger partial charge in [0.05, 0.1) is 11.9 Å². The van der Waals surface area contributed by atoms with E-state index in [0.29, 0.717) is 23.7 Å². The van der Waals surface area contributed by atoms with Crippen LogP contribution in [-0.2, 0) is 11.2 Å². The molecule has 0 aliphatic rings. The van der Waals surface area contributed by atoms with Crippen LogP contribution in [0.5, 0.6) is 0 Å². The highest BCUT2D eigenvalue weighted by atomic mass is 35.5. The van der Waals surface area contributed by atoms with Crippen molar-refractivity contribution in [3.8, 4) is 0 Å². The van der Waals surface area contributed by atoms with Gasteiger partial charge >= 0.3 is 0 Å². The fourth-order valence-corrected chi connectivity index (χ4v) is 2.37. The Morgan fingerprint density at radius 3 is 2.90 bits per heavy atom. The van der Waals surface area contributed by atoms with Gasteiger partial charge in [-0.2, -0.15) is 0 Å². The van der Waals surface area contributed by atoms with Crippen LogP contribution in [0.2, 0.25) is 5.15 Å². The Labute approximate surface area is 127 Å². The van der Waals surface area contributed by atoms with Crippen molar-refractivity contribution >= 4 is 34.1 Å². The number of amides is 1. The van der Waals surface area contributed by atoms with E-state index in [1.165, 1.54) is 5.39 Å². The van der Waals surface area contributed by atoms with Gasteiger partial charge in [-0.3, -0.25) is 4.79 Å². The topological polar surface area (TPSA) is 57.8 Å². The lowest BCUT2D eigenvalue weighted by Gasteiger charge is -2.04. The summed E-state index contributed by atoms with van der Waals surface area (Å²) in [5.74, 6) is -0.0376. The number of hydrogen-bond donors (Lipinski definition) is 2. The Kier molecular flexibility index (Phi) is 3.88. The number of nitrogens with one attached hydrogen (secondary N) is 2. The molecule has 3 aromatic rings. The first-order chi connectivity index (χ1) is 10.2. The Morgan fingerprint density at radius 2 is 2.10 bits per heavy atom. The molecule has 0 saturated carbocycles. The molecule has 5 heteroatoms. The van der Waals surface area contributed by atoms with Gasteiger partial charge in [0.2, 0.25) is 5.91 Å². The molecule has 4 nitrogen and oxygen atoms in total. The summed E-state index contributed by atoms with van der Waals surface area (Å²) in [6.07, 6.45) is 4.62. The standard InChI is InChI=1S/C16H14ClN3O/c17-15-7-6-12(10-19-15)20-16(21)8-5-11-9-18-14-4-2-1-3-13(11)14/h1-4,6-7,9-10,18H,5,8H2,(H,20,21). The van der Waals surface area contributed by atoms with Crippen LogP contribution in [0.25, 0.3) is 10.9 Å². The van der Waals surface area contributed by atoms with Gasteiger partial charge in [0.1, 0.15) is 5.15 Å². The number of aromatic amines is 1. The molecule has 3 rings (SSSR count). The summed E-state index contributed by atoms with van der Waals surface area (Å²) in [7, 11) is 0. The molecule has 2 aromatic heterocycles. The van der Waals surface area contributed by atoms with Gasteiger partial charge in [0.25, 0.3) is 0 Å². The number of rotatable bonds is 4. The highest BCUT2D eigenvalue weighted by Gasteiger charge is 2.07. The van der Waals surface area contributed by atoms with Crippen LogP contribution in [0.3, 0.4) is 0 Å². The number of para-hydroxylation sites is 1. The smallest absolute Gasteiger partial charge is 0.224 e. The third kappa shape index (κ3) is 3.23. The fraction of sp³-hybridized carbons (Fsp3) is 0.125. The summed E-state index contributed by atoms with van der Waals surface area (Å²) in [6, 6.07) is 11.5. The molecule has 21 heavy (non-hydrogen) atoms. The molecule has 0 fully saturated rings. The summed E-state index contributed by atoms with van der Waals surface area (Å²) in [5.41, 5.74) is 2.90. The third-order valence-corrected chi connectivity index (χ3v) is 3.53. The van der Waals surface area contributed by atoms with Crippen LogP contribution < -0.4 is 5.32 Å². The monoisotopic (exact) mass is 299 g/mol. The van der Waals surface area contributed by atoms with Crippen LogP contribution in [0, 0.1) is 0 Å². The summed E-state index contributed by atoms with van der Waals surface area (Å²) < 4.78 is 0. The van der Waals surface area contributed by atoms with Crippen molar-refractivity contribution in [3.63, 3.8) is 0 Å². The van der Waals surface area contributed by atoms with Crippen molar-refractivity contribution in [1.29, 1.82) is 0 Å². The Hall–Kier alpha value is -2.33. The minimum atomic E-state index is -0.0376. The first-order valence-corrected chi connectivity index (χ1v) is 7.06. The van der Waals surface area contributed by atoms with E-state index in [9.17, 15) is 4.79 Å². The van der Waals surface area contributed by atoms with Crippen LogP contribution in [0.15, 0.2) is 48.8 Å². The molecule has 0 saturated heterocycles. The second-order valence-corrected chi connectivity index (χ2v) is 5.16. The van der Waals surface area contributed by atoms with E-state index in [1.54, 1.807) is 18.3 Å². The van der Waals surface area contributed by atoms with Gasteiger partial charge < -0.3 is 10.3 Å². The SMILES string of the molecule is O=C(CCc1c[nH]c2ccccc12)Nc1ccc(Cl)nc1. The zero-order valence-corrected chi connectivity index (χ0v) is 12.0. The number of aromatic nitrogens is 2. The van der Waals surface area contributed by atoms with E-state index < -0.39 is 0 Å². The second kappa shape index (κ2) is 5.97. The predicted molar refractivity (Wildman–Crippen MR) is 84.5 cm³/mol. The lowest BCUT2D eigenvalue weighted by molar-refractivity contribution is -0.116. The van der Waals surface area contributed by atoms with Gasteiger partial charge in [-0.15, -0.1) is 0 Å². The normalized spacial score (nSPS) is 10.7. The molecule has 0 aliphatic heterocycles. The minimum absolute atomic E-state index is 0.0376. The Bertz CT molecular complexity index is 765. The average molecular weight is 300 g/mol. The maximum atomic E-state index is 11.9. The van der Waals surface area contributed by atoms with E-state index >= 15 is 0 Å². The molecular formula is C16H14ClN3O. The molecule has 2 N–H and O–H groups in total. The lowest BCUT2D eigenvalue weighted by Crippen LogP contribution is -2.12. The number of H-pyrrole nitrogens is 1. The van der Waals surface area contributed by atoms with Gasteiger partial charge in [-0.1, -0.05) is 29.8 Å². The number of benzene rings is 1. The summed E-state index contributed by atoms with van der Waals surface area (Å²) >= 11 is 5.71. The van der Waals surface area contributed by atoms with Gasteiger partial charge in [-0.25, -0.2) is 4.98 Å². The molecule has 0 bridgehead atoms. The summed E-state index contributed by atoms with van der Waals surface area (Å²) in [5, 5.41) is 4.38. The third-order valence-electron chi connectivity index (χ3n) is 3.31. The fourth-order valence-electron chi connectivity index (χ4n) is 2.26. The van der Waals surface area contributed by atoms with E-state index in [2.05, 4.69) is 21.4 Å². The quantitative estimate of drug-likeness (QED) is 0.720. The number of anilines is 1. The first kappa shape index (κ1) is 13.6. The highest BCUT2D eigenvalue weighted by Crippen LogP contribution is 2.19. The van der Waals surface area contributed by atoms with E-state index in [1.807, 2.05) is 24.4 Å². The van der Waals surface area contributed by atoms with Crippen molar-refractivity contribution in [1.82, 2.24) is 9.97 Å². The number of carbonyl (C=O) groups is 1.